The van der Waals surface area contributed by atoms with Gasteiger partial charge in [0.15, 0.2) is 5.78 Å². The Bertz CT molecular complexity index is 983. The van der Waals surface area contributed by atoms with E-state index in [0.29, 0.717) is 10.2 Å². The van der Waals surface area contributed by atoms with E-state index in [0.717, 1.165) is 21.6 Å². The number of fused-ring (bicyclic) bond motifs is 1. The second-order valence-electron chi connectivity index (χ2n) is 4.85. The molecule has 0 fully saturated rings. The van der Waals surface area contributed by atoms with Crippen LogP contribution in [0.4, 0.5) is 4.39 Å². The standard InChI is InChI=1S/C15H11FN2O3S/c1-8-6-11-13(22-8)17-15(21)18(14(11)20)7-12(19)9-2-4-10(16)5-3-9/h2-6H,7H2,1H3,(H,17,21). The summed E-state index contributed by atoms with van der Waals surface area (Å²) in [5, 5.41) is 0.383. The molecule has 0 spiro atoms. The lowest BCUT2D eigenvalue weighted by Gasteiger charge is -2.04. The number of ketones is 1. The molecule has 112 valence electrons. The first kappa shape index (κ1) is 14.4. The van der Waals surface area contributed by atoms with E-state index in [1.807, 2.05) is 6.92 Å². The molecule has 3 rings (SSSR count). The summed E-state index contributed by atoms with van der Waals surface area (Å²) < 4.78 is 13.7. The number of benzene rings is 1. The van der Waals surface area contributed by atoms with Crippen molar-refractivity contribution in [1.82, 2.24) is 9.55 Å². The number of rotatable bonds is 3. The summed E-state index contributed by atoms with van der Waals surface area (Å²) in [6.45, 7) is 1.45. The molecule has 0 radical (unpaired) electrons. The molecule has 0 atom stereocenters. The van der Waals surface area contributed by atoms with Crippen LogP contribution in [0.3, 0.4) is 0 Å². The van der Waals surface area contributed by atoms with E-state index >= 15 is 0 Å². The van der Waals surface area contributed by atoms with Crippen LogP contribution in [0.1, 0.15) is 15.2 Å². The number of halogens is 1. The largest absolute Gasteiger partial charge is 0.329 e. The maximum Gasteiger partial charge on any atom is 0.329 e. The van der Waals surface area contributed by atoms with Crippen molar-refractivity contribution in [3.8, 4) is 0 Å². The summed E-state index contributed by atoms with van der Waals surface area (Å²) >= 11 is 1.31. The maximum atomic E-state index is 12.9. The lowest BCUT2D eigenvalue weighted by molar-refractivity contribution is 0.0969. The predicted molar refractivity (Wildman–Crippen MR) is 82.2 cm³/mol. The summed E-state index contributed by atoms with van der Waals surface area (Å²) in [5.41, 5.74) is -0.886. The van der Waals surface area contributed by atoms with Crippen molar-refractivity contribution in [1.29, 1.82) is 0 Å². The van der Waals surface area contributed by atoms with E-state index in [4.69, 9.17) is 0 Å². The first-order chi connectivity index (χ1) is 10.5. The van der Waals surface area contributed by atoms with Gasteiger partial charge in [0, 0.05) is 10.4 Å². The number of carbonyl (C=O) groups is 1. The third-order valence-corrected chi connectivity index (χ3v) is 4.23. The van der Waals surface area contributed by atoms with Gasteiger partial charge >= 0.3 is 5.69 Å². The van der Waals surface area contributed by atoms with E-state index < -0.39 is 22.8 Å². The number of H-pyrrole nitrogens is 1. The molecule has 0 aliphatic rings. The van der Waals surface area contributed by atoms with Crippen molar-refractivity contribution < 1.29 is 9.18 Å². The van der Waals surface area contributed by atoms with Gasteiger partial charge < -0.3 is 0 Å². The number of nitrogens with zero attached hydrogens (tertiary/aromatic N) is 1. The van der Waals surface area contributed by atoms with Crippen LogP contribution in [-0.4, -0.2) is 15.3 Å². The maximum absolute atomic E-state index is 12.9. The zero-order chi connectivity index (χ0) is 15.9. The van der Waals surface area contributed by atoms with Crippen LogP contribution in [0, 0.1) is 12.7 Å². The SMILES string of the molecule is Cc1cc2c(=O)n(CC(=O)c3ccc(F)cc3)c(=O)[nH]c2s1. The topological polar surface area (TPSA) is 71.9 Å². The van der Waals surface area contributed by atoms with Crippen molar-refractivity contribution >= 4 is 27.3 Å². The average Bonchev–Trinajstić information content (AvgIpc) is 2.84. The van der Waals surface area contributed by atoms with Gasteiger partial charge in [0.05, 0.1) is 11.9 Å². The van der Waals surface area contributed by atoms with Crippen molar-refractivity contribution in [2.75, 3.05) is 0 Å². The summed E-state index contributed by atoms with van der Waals surface area (Å²) in [6, 6.07) is 6.64. The van der Waals surface area contributed by atoms with Crippen molar-refractivity contribution in [2.24, 2.45) is 0 Å². The molecule has 22 heavy (non-hydrogen) atoms. The highest BCUT2D eigenvalue weighted by Gasteiger charge is 2.14. The van der Waals surface area contributed by atoms with Crippen molar-refractivity contribution in [2.45, 2.75) is 13.5 Å². The molecule has 0 unspecified atom stereocenters. The zero-order valence-corrected chi connectivity index (χ0v) is 12.4. The van der Waals surface area contributed by atoms with Crippen LogP contribution in [0.5, 0.6) is 0 Å². The van der Waals surface area contributed by atoms with Gasteiger partial charge in [0.2, 0.25) is 0 Å². The molecule has 0 saturated heterocycles. The van der Waals surface area contributed by atoms with Crippen molar-refractivity contribution in [3.05, 3.63) is 67.4 Å². The van der Waals surface area contributed by atoms with Gasteiger partial charge in [-0.1, -0.05) is 0 Å². The second kappa shape index (κ2) is 5.34. The molecule has 2 aromatic heterocycles. The fourth-order valence-electron chi connectivity index (χ4n) is 2.18. The number of hydrogen-bond donors (Lipinski definition) is 1. The molecular weight excluding hydrogens is 307 g/mol. The number of carbonyl (C=O) groups excluding carboxylic acids is 1. The van der Waals surface area contributed by atoms with Crippen molar-refractivity contribution in [3.63, 3.8) is 0 Å². The number of aryl methyl sites for hydroxylation is 1. The first-order valence-corrected chi connectivity index (χ1v) is 7.29. The average molecular weight is 318 g/mol. The zero-order valence-electron chi connectivity index (χ0n) is 11.6. The molecule has 7 heteroatoms. The predicted octanol–water partition coefficient (Wildman–Crippen LogP) is 2.08. The lowest BCUT2D eigenvalue weighted by Crippen LogP contribution is -2.36. The number of aromatic amines is 1. The minimum absolute atomic E-state index is 0.245. The van der Waals surface area contributed by atoms with E-state index in [2.05, 4.69) is 4.98 Å². The Balaban J connectivity index is 2.03. The minimum atomic E-state index is -0.630. The highest BCUT2D eigenvalue weighted by Crippen LogP contribution is 2.18. The molecule has 3 aromatic rings. The molecular formula is C15H11FN2O3S. The second-order valence-corrected chi connectivity index (χ2v) is 6.11. The fraction of sp³-hybridized carbons (Fsp3) is 0.133. The summed E-state index contributed by atoms with van der Waals surface area (Å²) in [5.74, 6) is -0.888. The third kappa shape index (κ3) is 2.50. The Morgan fingerprint density at radius 3 is 2.64 bits per heavy atom. The van der Waals surface area contributed by atoms with E-state index in [1.54, 1.807) is 6.07 Å². The monoisotopic (exact) mass is 318 g/mol. The Labute approximate surface area is 127 Å². The van der Waals surface area contributed by atoms with Crippen LogP contribution >= 0.6 is 11.3 Å². The van der Waals surface area contributed by atoms with Crippen LogP contribution < -0.4 is 11.2 Å². The molecule has 0 bridgehead atoms. The molecule has 0 amide bonds. The van der Waals surface area contributed by atoms with Crippen LogP contribution in [0.15, 0.2) is 39.9 Å². The van der Waals surface area contributed by atoms with Gasteiger partial charge in [-0.25, -0.2) is 9.18 Å². The van der Waals surface area contributed by atoms with E-state index in [9.17, 15) is 18.8 Å². The number of aromatic nitrogens is 2. The normalized spacial score (nSPS) is 11.0. The molecule has 2 heterocycles. The highest BCUT2D eigenvalue weighted by molar-refractivity contribution is 7.18. The molecule has 0 saturated carbocycles. The van der Waals surface area contributed by atoms with Gasteiger partial charge in [0.1, 0.15) is 10.6 Å². The molecule has 0 aliphatic heterocycles. The number of hydrogen-bond acceptors (Lipinski definition) is 4. The van der Waals surface area contributed by atoms with Crippen LogP contribution in [0.2, 0.25) is 0 Å². The van der Waals surface area contributed by atoms with Gasteiger partial charge in [-0.15, -0.1) is 11.3 Å². The van der Waals surface area contributed by atoms with Gasteiger partial charge in [-0.3, -0.25) is 19.1 Å². The summed E-state index contributed by atoms with van der Waals surface area (Å²) in [7, 11) is 0. The van der Waals surface area contributed by atoms with Gasteiger partial charge in [-0.2, -0.15) is 0 Å². The molecule has 5 nitrogen and oxygen atoms in total. The Kier molecular flexibility index (Phi) is 3.50. The minimum Gasteiger partial charge on any atom is -0.298 e. The quantitative estimate of drug-likeness (QED) is 0.752. The summed E-state index contributed by atoms with van der Waals surface area (Å²) in [4.78, 5) is 40.4. The smallest absolute Gasteiger partial charge is 0.298 e. The number of nitrogens with one attached hydrogen (secondary N) is 1. The Hall–Kier alpha value is -2.54. The lowest BCUT2D eigenvalue weighted by atomic mass is 10.1. The number of thiophene rings is 1. The van der Waals surface area contributed by atoms with E-state index in [-0.39, 0.29) is 12.1 Å². The number of Topliss-reactive ketones (excluding diaryl/α,β-unsaturated/α-hetero) is 1. The van der Waals surface area contributed by atoms with Gasteiger partial charge in [0.25, 0.3) is 5.56 Å². The third-order valence-electron chi connectivity index (χ3n) is 3.26. The summed E-state index contributed by atoms with van der Waals surface area (Å²) in [6.07, 6.45) is 0. The highest BCUT2D eigenvalue weighted by atomic mass is 32.1. The van der Waals surface area contributed by atoms with Crippen LogP contribution in [0.25, 0.3) is 10.2 Å². The first-order valence-electron chi connectivity index (χ1n) is 6.48. The molecule has 1 aromatic carbocycles. The molecule has 1 N–H and O–H groups in total. The fourth-order valence-corrected chi connectivity index (χ4v) is 3.08. The van der Waals surface area contributed by atoms with Gasteiger partial charge in [-0.05, 0) is 37.3 Å². The molecule has 0 aliphatic carbocycles. The van der Waals surface area contributed by atoms with Crippen LogP contribution in [-0.2, 0) is 6.54 Å². The Morgan fingerprint density at radius 2 is 1.95 bits per heavy atom. The Morgan fingerprint density at radius 1 is 1.27 bits per heavy atom. The van der Waals surface area contributed by atoms with E-state index in [1.165, 1.54) is 23.5 Å².